The molecule has 0 aromatic rings. The number of hydrogen-bond donors (Lipinski definition) is 1. The molecular weight excluding hydrogens is 232 g/mol. The molecule has 0 spiro atoms. The first-order valence-corrected chi connectivity index (χ1v) is 5.85. The number of rotatable bonds is 3. The van der Waals surface area contributed by atoms with Gasteiger partial charge in [-0.2, -0.15) is 0 Å². The van der Waals surface area contributed by atoms with Gasteiger partial charge in [-0.15, -0.1) is 6.42 Å². The van der Waals surface area contributed by atoms with Gasteiger partial charge in [0.15, 0.2) is 0 Å². The summed E-state index contributed by atoms with van der Waals surface area (Å²) in [6.45, 7) is -0.129. The van der Waals surface area contributed by atoms with Crippen LogP contribution in [-0.4, -0.2) is 35.7 Å². The Bertz CT molecular complexity index is 435. The van der Waals surface area contributed by atoms with E-state index < -0.39 is 5.91 Å². The number of nitrogens with one attached hydrogen (secondary N) is 1. The number of fused-ring (bicyclic) bond motifs is 1. The van der Waals surface area contributed by atoms with Gasteiger partial charge in [0.25, 0.3) is 0 Å². The van der Waals surface area contributed by atoms with E-state index in [1.54, 1.807) is 0 Å². The van der Waals surface area contributed by atoms with Crippen molar-refractivity contribution in [2.75, 3.05) is 13.1 Å². The van der Waals surface area contributed by atoms with E-state index in [2.05, 4.69) is 11.2 Å². The third kappa shape index (κ3) is 2.14. The molecule has 2 atom stereocenters. The van der Waals surface area contributed by atoms with Gasteiger partial charge in [0.2, 0.25) is 17.7 Å². The van der Waals surface area contributed by atoms with Gasteiger partial charge < -0.3 is 5.32 Å². The van der Waals surface area contributed by atoms with E-state index in [4.69, 9.17) is 6.42 Å². The van der Waals surface area contributed by atoms with Crippen molar-refractivity contribution in [3.63, 3.8) is 0 Å². The van der Waals surface area contributed by atoms with Crippen LogP contribution in [-0.2, 0) is 14.4 Å². The fraction of sp³-hybridized carbons (Fsp3) is 0.462. The number of amides is 3. The monoisotopic (exact) mass is 246 g/mol. The molecular formula is C13H14N2O3. The minimum atomic E-state index is -0.402. The zero-order valence-electron chi connectivity index (χ0n) is 9.89. The Kier molecular flexibility index (Phi) is 3.47. The molecule has 1 heterocycles. The van der Waals surface area contributed by atoms with Gasteiger partial charge in [0, 0.05) is 0 Å². The van der Waals surface area contributed by atoms with E-state index in [-0.39, 0.29) is 36.7 Å². The Hall–Kier alpha value is -2.09. The van der Waals surface area contributed by atoms with Gasteiger partial charge in [0.1, 0.15) is 6.54 Å². The summed E-state index contributed by atoms with van der Waals surface area (Å²) in [5, 5.41) is 2.44. The fourth-order valence-electron chi connectivity index (χ4n) is 2.37. The third-order valence-corrected chi connectivity index (χ3v) is 3.29. The molecule has 0 aromatic carbocycles. The Morgan fingerprint density at radius 1 is 1.33 bits per heavy atom. The van der Waals surface area contributed by atoms with E-state index in [0.29, 0.717) is 12.8 Å². The molecule has 2 aliphatic rings. The molecule has 0 aromatic heterocycles. The number of hydrogen-bond acceptors (Lipinski definition) is 3. The first kappa shape index (κ1) is 12.4. The lowest BCUT2D eigenvalue weighted by molar-refractivity contribution is -0.143. The molecule has 18 heavy (non-hydrogen) atoms. The Labute approximate surface area is 105 Å². The van der Waals surface area contributed by atoms with Gasteiger partial charge in [-0.05, 0) is 12.8 Å². The first-order valence-electron chi connectivity index (χ1n) is 5.85. The van der Waals surface area contributed by atoms with E-state index >= 15 is 0 Å². The summed E-state index contributed by atoms with van der Waals surface area (Å²) in [5.74, 6) is 0.796. The van der Waals surface area contributed by atoms with Crippen LogP contribution in [0.3, 0.4) is 0 Å². The van der Waals surface area contributed by atoms with Crippen LogP contribution in [0, 0.1) is 24.2 Å². The van der Waals surface area contributed by atoms with Gasteiger partial charge in [0.05, 0.1) is 18.4 Å². The molecule has 0 saturated carbocycles. The van der Waals surface area contributed by atoms with Crippen molar-refractivity contribution in [1.82, 2.24) is 10.2 Å². The molecule has 94 valence electrons. The lowest BCUT2D eigenvalue weighted by Gasteiger charge is -2.14. The summed E-state index contributed by atoms with van der Waals surface area (Å²) in [6, 6.07) is 0. The van der Waals surface area contributed by atoms with E-state index in [1.807, 2.05) is 12.2 Å². The van der Waals surface area contributed by atoms with Crippen LogP contribution in [0.4, 0.5) is 0 Å². The first-order chi connectivity index (χ1) is 8.65. The highest BCUT2D eigenvalue weighted by molar-refractivity contribution is 6.07. The molecule has 1 aliphatic carbocycles. The number of likely N-dealkylation sites (tertiary alicyclic amines) is 1. The number of terminal acetylenes is 1. The van der Waals surface area contributed by atoms with E-state index in [0.717, 1.165) is 4.90 Å². The van der Waals surface area contributed by atoms with Gasteiger partial charge in [-0.3, -0.25) is 19.3 Å². The Morgan fingerprint density at radius 2 is 1.89 bits per heavy atom. The number of nitrogens with zero attached hydrogens (tertiary/aromatic N) is 1. The predicted octanol–water partition coefficient (Wildman–Crippen LogP) is -0.313. The van der Waals surface area contributed by atoms with Crippen molar-refractivity contribution in [1.29, 1.82) is 0 Å². The molecule has 1 N–H and O–H groups in total. The average Bonchev–Trinajstić information content (AvgIpc) is 2.62. The van der Waals surface area contributed by atoms with Crippen molar-refractivity contribution >= 4 is 17.7 Å². The summed E-state index contributed by atoms with van der Waals surface area (Å²) < 4.78 is 0. The van der Waals surface area contributed by atoms with Crippen LogP contribution in [0.25, 0.3) is 0 Å². The van der Waals surface area contributed by atoms with Crippen LogP contribution in [0.15, 0.2) is 12.2 Å². The minimum absolute atomic E-state index is 0.101. The fourth-order valence-corrected chi connectivity index (χ4v) is 2.37. The maximum Gasteiger partial charge on any atom is 0.240 e. The van der Waals surface area contributed by atoms with Crippen LogP contribution < -0.4 is 5.32 Å². The molecule has 0 radical (unpaired) electrons. The van der Waals surface area contributed by atoms with Gasteiger partial charge in [-0.1, -0.05) is 18.1 Å². The molecule has 5 heteroatoms. The molecule has 1 saturated heterocycles. The highest BCUT2D eigenvalue weighted by Gasteiger charge is 2.47. The predicted molar refractivity (Wildman–Crippen MR) is 63.9 cm³/mol. The smallest absolute Gasteiger partial charge is 0.240 e. The number of carbonyl (C=O) groups is 3. The maximum atomic E-state index is 12.0. The summed E-state index contributed by atoms with van der Waals surface area (Å²) in [6.07, 6.45) is 10.00. The molecule has 0 unspecified atom stereocenters. The summed E-state index contributed by atoms with van der Waals surface area (Å²) in [7, 11) is 0. The zero-order chi connectivity index (χ0) is 13.1. The number of imide groups is 1. The summed E-state index contributed by atoms with van der Waals surface area (Å²) >= 11 is 0. The number of allylic oxidation sites excluding steroid dienone is 2. The Morgan fingerprint density at radius 3 is 2.39 bits per heavy atom. The van der Waals surface area contributed by atoms with Crippen LogP contribution in [0.2, 0.25) is 0 Å². The molecule has 1 fully saturated rings. The van der Waals surface area contributed by atoms with Gasteiger partial charge >= 0.3 is 0 Å². The lowest BCUT2D eigenvalue weighted by atomic mass is 9.85. The lowest BCUT2D eigenvalue weighted by Crippen LogP contribution is -2.41. The van der Waals surface area contributed by atoms with E-state index in [1.165, 1.54) is 0 Å². The molecule has 3 amide bonds. The van der Waals surface area contributed by atoms with Crippen molar-refractivity contribution in [2.24, 2.45) is 11.8 Å². The van der Waals surface area contributed by atoms with Crippen LogP contribution in [0.5, 0.6) is 0 Å². The second kappa shape index (κ2) is 5.05. The SMILES string of the molecule is C#CCNC(=O)CN1C(=O)[C@H]2CC=CC[C@@H]2C1=O. The van der Waals surface area contributed by atoms with Crippen LogP contribution >= 0.6 is 0 Å². The molecule has 5 nitrogen and oxygen atoms in total. The summed E-state index contributed by atoms with van der Waals surface area (Å²) in [4.78, 5) is 36.6. The minimum Gasteiger partial charge on any atom is -0.344 e. The highest BCUT2D eigenvalue weighted by Crippen LogP contribution is 2.34. The van der Waals surface area contributed by atoms with Crippen molar-refractivity contribution in [2.45, 2.75) is 12.8 Å². The van der Waals surface area contributed by atoms with Crippen molar-refractivity contribution in [3.8, 4) is 12.3 Å². The van der Waals surface area contributed by atoms with E-state index in [9.17, 15) is 14.4 Å². The maximum absolute atomic E-state index is 12.0. The third-order valence-electron chi connectivity index (χ3n) is 3.29. The Balaban J connectivity index is 2.02. The average molecular weight is 246 g/mol. The van der Waals surface area contributed by atoms with Crippen molar-refractivity contribution < 1.29 is 14.4 Å². The zero-order valence-corrected chi connectivity index (χ0v) is 9.89. The topological polar surface area (TPSA) is 66.5 Å². The molecule has 1 aliphatic heterocycles. The summed E-state index contributed by atoms with van der Waals surface area (Å²) in [5.41, 5.74) is 0. The highest BCUT2D eigenvalue weighted by atomic mass is 16.2. The largest absolute Gasteiger partial charge is 0.344 e. The van der Waals surface area contributed by atoms with Gasteiger partial charge in [-0.25, -0.2) is 0 Å². The second-order valence-electron chi connectivity index (χ2n) is 4.40. The molecule has 2 rings (SSSR count). The number of carbonyl (C=O) groups excluding carboxylic acids is 3. The quantitative estimate of drug-likeness (QED) is 0.422. The van der Waals surface area contributed by atoms with Crippen molar-refractivity contribution in [3.05, 3.63) is 12.2 Å². The normalized spacial score (nSPS) is 25.8. The molecule has 0 bridgehead atoms. The second-order valence-corrected chi connectivity index (χ2v) is 4.40. The van der Waals surface area contributed by atoms with Crippen LogP contribution in [0.1, 0.15) is 12.8 Å². The standard InChI is InChI=1S/C13H14N2O3/c1-2-7-14-11(16)8-15-12(17)9-5-3-4-6-10(9)13(15)18/h1,3-4,9-10H,5-8H2,(H,14,16)/t9-,10-/m0/s1.